The van der Waals surface area contributed by atoms with Crippen LogP contribution in [-0.2, 0) is 0 Å². The van der Waals surface area contributed by atoms with Gasteiger partial charge in [-0.15, -0.1) is 0 Å². The number of nitrogens with one attached hydrogen (secondary N) is 1. The van der Waals surface area contributed by atoms with Gasteiger partial charge >= 0.3 is 0 Å². The lowest BCUT2D eigenvalue weighted by atomic mass is 9.92. The van der Waals surface area contributed by atoms with Crippen molar-refractivity contribution in [3.8, 4) is 11.4 Å². The van der Waals surface area contributed by atoms with Crippen molar-refractivity contribution in [1.82, 2.24) is 9.97 Å². The summed E-state index contributed by atoms with van der Waals surface area (Å²) >= 11 is 1.64. The normalized spacial score (nSPS) is 21.4. The summed E-state index contributed by atoms with van der Waals surface area (Å²) in [5.41, 5.74) is 1.96. The first-order chi connectivity index (χ1) is 11.3. The lowest BCUT2D eigenvalue weighted by Crippen LogP contribution is -2.36. The Bertz CT molecular complexity index is 803. The highest BCUT2D eigenvalue weighted by atomic mass is 32.1. The first kappa shape index (κ1) is 14.6. The molecule has 4 rings (SSSR count). The van der Waals surface area contributed by atoms with Crippen molar-refractivity contribution >= 4 is 28.1 Å². The second-order valence-electron chi connectivity index (χ2n) is 6.03. The molecule has 1 aromatic carbocycles. The molecule has 118 valence electrons. The minimum Gasteiger partial charge on any atom is -0.391 e. The third-order valence-corrected chi connectivity index (χ3v) is 5.12. The number of anilines is 1. The van der Waals surface area contributed by atoms with Gasteiger partial charge < -0.3 is 10.4 Å². The van der Waals surface area contributed by atoms with Crippen LogP contribution in [0, 0.1) is 0 Å². The van der Waals surface area contributed by atoms with Crippen LogP contribution in [0.3, 0.4) is 0 Å². The molecule has 5 heteroatoms. The molecule has 2 heterocycles. The molecule has 0 spiro atoms. The molecular weight excluding hydrogens is 306 g/mol. The van der Waals surface area contributed by atoms with Gasteiger partial charge in [0.2, 0.25) is 0 Å². The minimum absolute atomic E-state index is 0.0670. The molecule has 3 aromatic rings. The summed E-state index contributed by atoms with van der Waals surface area (Å²) in [4.78, 5) is 9.43. The molecule has 0 saturated heterocycles. The van der Waals surface area contributed by atoms with Crippen molar-refractivity contribution in [3.63, 3.8) is 0 Å². The summed E-state index contributed by atoms with van der Waals surface area (Å²) in [7, 11) is 0. The molecule has 0 unspecified atom stereocenters. The maximum atomic E-state index is 10.3. The van der Waals surface area contributed by atoms with Crippen LogP contribution in [0.25, 0.3) is 22.3 Å². The highest BCUT2D eigenvalue weighted by molar-refractivity contribution is 7.08. The highest BCUT2D eigenvalue weighted by Gasteiger charge is 2.24. The minimum atomic E-state index is -0.304. The van der Waals surface area contributed by atoms with E-state index in [1.165, 1.54) is 0 Å². The van der Waals surface area contributed by atoms with Crippen LogP contribution >= 0.6 is 11.3 Å². The molecule has 23 heavy (non-hydrogen) atoms. The molecule has 1 fully saturated rings. The van der Waals surface area contributed by atoms with Gasteiger partial charge in [-0.2, -0.15) is 11.3 Å². The van der Waals surface area contributed by atoms with Gasteiger partial charge in [0, 0.05) is 16.3 Å². The smallest absolute Gasteiger partial charge is 0.162 e. The predicted molar refractivity (Wildman–Crippen MR) is 94.7 cm³/mol. The average molecular weight is 325 g/mol. The Morgan fingerprint density at radius 3 is 2.78 bits per heavy atom. The molecule has 1 aliphatic carbocycles. The molecule has 1 aliphatic rings. The number of aromatic nitrogens is 2. The third kappa shape index (κ3) is 2.94. The van der Waals surface area contributed by atoms with Crippen molar-refractivity contribution < 1.29 is 5.11 Å². The van der Waals surface area contributed by atoms with Gasteiger partial charge in [-0.3, -0.25) is 0 Å². The Morgan fingerprint density at radius 2 is 1.96 bits per heavy atom. The number of para-hydroxylation sites is 1. The number of hydrogen-bond donors (Lipinski definition) is 2. The van der Waals surface area contributed by atoms with Gasteiger partial charge in [0.1, 0.15) is 5.82 Å². The Balaban J connectivity index is 1.77. The molecule has 2 N–H and O–H groups in total. The summed E-state index contributed by atoms with van der Waals surface area (Å²) in [5, 5.41) is 18.8. The molecular formula is C18H19N3OS. The van der Waals surface area contributed by atoms with E-state index in [9.17, 15) is 5.11 Å². The topological polar surface area (TPSA) is 58.0 Å². The number of hydrogen-bond acceptors (Lipinski definition) is 5. The molecule has 2 aromatic heterocycles. The zero-order valence-electron chi connectivity index (χ0n) is 12.8. The number of benzene rings is 1. The number of fused-ring (bicyclic) bond motifs is 1. The maximum absolute atomic E-state index is 10.3. The molecule has 0 radical (unpaired) electrons. The van der Waals surface area contributed by atoms with Crippen molar-refractivity contribution in [2.75, 3.05) is 5.32 Å². The van der Waals surface area contributed by atoms with Gasteiger partial charge in [0.15, 0.2) is 5.82 Å². The first-order valence-electron chi connectivity index (χ1n) is 8.05. The van der Waals surface area contributed by atoms with Crippen LogP contribution in [-0.4, -0.2) is 27.2 Å². The number of aliphatic hydroxyl groups excluding tert-OH is 1. The Hall–Kier alpha value is -1.98. The second-order valence-corrected chi connectivity index (χ2v) is 6.81. The van der Waals surface area contributed by atoms with Crippen molar-refractivity contribution in [1.29, 1.82) is 0 Å². The average Bonchev–Trinajstić information content (AvgIpc) is 3.11. The highest BCUT2D eigenvalue weighted by Crippen LogP contribution is 2.28. The van der Waals surface area contributed by atoms with Crippen LogP contribution in [0.15, 0.2) is 41.1 Å². The summed E-state index contributed by atoms with van der Waals surface area (Å²) in [6.45, 7) is 0. The van der Waals surface area contributed by atoms with Crippen LogP contribution in [0.2, 0.25) is 0 Å². The van der Waals surface area contributed by atoms with Crippen molar-refractivity contribution in [3.05, 3.63) is 41.1 Å². The van der Waals surface area contributed by atoms with E-state index in [0.717, 1.165) is 53.8 Å². The van der Waals surface area contributed by atoms with E-state index in [1.54, 1.807) is 11.3 Å². The number of thiophene rings is 1. The zero-order valence-corrected chi connectivity index (χ0v) is 13.6. The fourth-order valence-electron chi connectivity index (χ4n) is 3.16. The summed E-state index contributed by atoms with van der Waals surface area (Å²) in [5.74, 6) is 1.56. The number of rotatable bonds is 3. The van der Waals surface area contributed by atoms with Crippen molar-refractivity contribution in [2.45, 2.75) is 37.8 Å². The van der Waals surface area contributed by atoms with E-state index < -0.39 is 0 Å². The maximum Gasteiger partial charge on any atom is 0.162 e. The third-order valence-electron chi connectivity index (χ3n) is 4.43. The van der Waals surface area contributed by atoms with Crippen molar-refractivity contribution in [2.24, 2.45) is 0 Å². The Kier molecular flexibility index (Phi) is 3.97. The zero-order chi connectivity index (χ0) is 15.6. The van der Waals surface area contributed by atoms with Gasteiger partial charge in [0.25, 0.3) is 0 Å². The lowest BCUT2D eigenvalue weighted by Gasteiger charge is -2.29. The molecule has 1 saturated carbocycles. The summed E-state index contributed by atoms with van der Waals surface area (Å²) in [6.07, 6.45) is 3.78. The van der Waals surface area contributed by atoms with Crippen LogP contribution in [0.1, 0.15) is 25.7 Å². The van der Waals surface area contributed by atoms with E-state index >= 15 is 0 Å². The van der Waals surface area contributed by atoms with E-state index in [-0.39, 0.29) is 12.1 Å². The molecule has 4 nitrogen and oxygen atoms in total. The van der Waals surface area contributed by atoms with Gasteiger partial charge in [-0.25, -0.2) is 9.97 Å². The Labute approximate surface area is 139 Å². The van der Waals surface area contributed by atoms with E-state index in [1.807, 2.05) is 35.7 Å². The van der Waals surface area contributed by atoms with Gasteiger partial charge in [0.05, 0.1) is 17.7 Å². The van der Waals surface area contributed by atoms with Crippen LogP contribution < -0.4 is 5.32 Å². The fourth-order valence-corrected chi connectivity index (χ4v) is 3.80. The standard InChI is InChI=1S/C18H19N3OS/c22-16-8-4-3-7-15(16)20-18-13-5-1-2-6-14(13)19-17(21-18)12-9-10-23-11-12/h1-2,5-6,9-11,15-16,22H,3-4,7-8H2,(H,19,20,21)/t15-,16-/m0/s1. The van der Waals surface area contributed by atoms with E-state index in [0.29, 0.717) is 0 Å². The number of nitrogens with zero attached hydrogens (tertiary/aromatic N) is 2. The largest absolute Gasteiger partial charge is 0.391 e. The SMILES string of the molecule is O[C@H]1CCCC[C@@H]1Nc1nc(-c2ccsc2)nc2ccccc12. The van der Waals surface area contributed by atoms with Gasteiger partial charge in [-0.1, -0.05) is 25.0 Å². The summed E-state index contributed by atoms with van der Waals surface area (Å²) in [6, 6.07) is 10.1. The molecule has 0 aliphatic heterocycles. The van der Waals surface area contributed by atoms with E-state index in [2.05, 4.69) is 15.7 Å². The monoisotopic (exact) mass is 325 g/mol. The molecule has 0 amide bonds. The lowest BCUT2D eigenvalue weighted by molar-refractivity contribution is 0.116. The summed E-state index contributed by atoms with van der Waals surface area (Å²) < 4.78 is 0. The van der Waals surface area contributed by atoms with Crippen LogP contribution in [0.5, 0.6) is 0 Å². The quantitative estimate of drug-likeness (QED) is 0.762. The Morgan fingerprint density at radius 1 is 1.09 bits per heavy atom. The van der Waals surface area contributed by atoms with Gasteiger partial charge in [-0.05, 0) is 36.4 Å². The molecule has 2 atom stereocenters. The second kappa shape index (κ2) is 6.26. The predicted octanol–water partition coefficient (Wildman–Crippen LogP) is 4.07. The molecule has 0 bridgehead atoms. The fraction of sp³-hybridized carbons (Fsp3) is 0.333. The van der Waals surface area contributed by atoms with Crippen LogP contribution in [0.4, 0.5) is 5.82 Å². The van der Waals surface area contributed by atoms with E-state index in [4.69, 9.17) is 4.98 Å². The number of aliphatic hydroxyl groups is 1. The first-order valence-corrected chi connectivity index (χ1v) is 8.99.